The standard InChI is InChI=1S/C34H27ClN2O5/c1-41-34(40)29-21-28(24-13-7-3-8-14-24)30(37(29)22-23-11-5-2-6-12-23)31(42-33(39)25-15-9-4-10-16-25)32(38)36-27-19-17-26(35)18-20-27/h2-21,31H,22H2,1H3,(H,36,38). The SMILES string of the molecule is COC(=O)c1cc(-c2ccccc2)c(C(OC(=O)c2ccccc2)C(=O)Nc2ccc(Cl)cc2)n1Cc1ccccc1. The zero-order valence-electron chi connectivity index (χ0n) is 22.7. The van der Waals surface area contributed by atoms with Gasteiger partial charge in [0.05, 0.1) is 18.4 Å². The molecule has 0 aliphatic rings. The van der Waals surface area contributed by atoms with E-state index in [4.69, 9.17) is 21.1 Å². The second kappa shape index (κ2) is 13.0. The third-order valence-corrected chi connectivity index (χ3v) is 6.89. The molecule has 1 amide bonds. The summed E-state index contributed by atoms with van der Waals surface area (Å²) in [7, 11) is 1.30. The Morgan fingerprint density at radius 1 is 0.786 bits per heavy atom. The number of nitrogens with zero attached hydrogens (tertiary/aromatic N) is 1. The number of ether oxygens (including phenoxy) is 2. The van der Waals surface area contributed by atoms with E-state index in [1.165, 1.54) is 7.11 Å². The zero-order chi connectivity index (χ0) is 29.5. The molecule has 0 saturated carbocycles. The molecule has 8 heteroatoms. The Balaban J connectivity index is 1.71. The van der Waals surface area contributed by atoms with Crippen LogP contribution in [0.25, 0.3) is 11.1 Å². The molecule has 0 saturated heterocycles. The number of amides is 1. The monoisotopic (exact) mass is 578 g/mol. The summed E-state index contributed by atoms with van der Waals surface area (Å²) in [6, 6.07) is 35.4. The number of carbonyl (C=O) groups excluding carboxylic acids is 3. The Morgan fingerprint density at radius 3 is 2.00 bits per heavy atom. The lowest BCUT2D eigenvalue weighted by Gasteiger charge is -2.23. The quantitative estimate of drug-likeness (QED) is 0.187. The molecule has 5 aromatic rings. The molecule has 0 aliphatic carbocycles. The number of halogens is 1. The first-order chi connectivity index (χ1) is 20.4. The van der Waals surface area contributed by atoms with Crippen LogP contribution >= 0.6 is 11.6 Å². The fourth-order valence-corrected chi connectivity index (χ4v) is 4.76. The van der Waals surface area contributed by atoms with Crippen molar-refractivity contribution in [1.29, 1.82) is 0 Å². The van der Waals surface area contributed by atoms with Gasteiger partial charge in [0.2, 0.25) is 6.10 Å². The number of hydrogen-bond acceptors (Lipinski definition) is 5. The lowest BCUT2D eigenvalue weighted by atomic mass is 10.0. The van der Waals surface area contributed by atoms with Crippen molar-refractivity contribution in [3.8, 4) is 11.1 Å². The number of methoxy groups -OCH3 is 1. The first-order valence-corrected chi connectivity index (χ1v) is 13.6. The molecule has 0 fully saturated rings. The predicted molar refractivity (Wildman–Crippen MR) is 161 cm³/mol. The number of hydrogen-bond donors (Lipinski definition) is 1. The molecule has 1 unspecified atom stereocenters. The van der Waals surface area contributed by atoms with Gasteiger partial charge in [-0.25, -0.2) is 9.59 Å². The summed E-state index contributed by atoms with van der Waals surface area (Å²) in [5.41, 5.74) is 3.40. The third-order valence-electron chi connectivity index (χ3n) is 6.63. The minimum atomic E-state index is -1.45. The molecule has 210 valence electrons. The summed E-state index contributed by atoms with van der Waals surface area (Å²) < 4.78 is 12.8. The molecule has 4 aromatic carbocycles. The molecular formula is C34H27ClN2O5. The van der Waals surface area contributed by atoms with Crippen LogP contribution in [-0.4, -0.2) is 29.5 Å². The van der Waals surface area contributed by atoms with E-state index in [2.05, 4.69) is 5.32 Å². The van der Waals surface area contributed by atoms with Gasteiger partial charge in [0, 0.05) is 22.8 Å². The lowest BCUT2D eigenvalue weighted by molar-refractivity contribution is -0.125. The van der Waals surface area contributed by atoms with E-state index >= 15 is 0 Å². The minimum Gasteiger partial charge on any atom is -0.464 e. The number of nitrogens with one attached hydrogen (secondary N) is 1. The number of carbonyl (C=O) groups is 3. The van der Waals surface area contributed by atoms with Crippen molar-refractivity contribution in [2.45, 2.75) is 12.6 Å². The first kappa shape index (κ1) is 28.4. The summed E-state index contributed by atoms with van der Waals surface area (Å²) in [5.74, 6) is -1.90. The molecule has 0 radical (unpaired) electrons. The van der Waals surface area contributed by atoms with Crippen LogP contribution < -0.4 is 5.32 Å². The molecule has 0 bridgehead atoms. The van der Waals surface area contributed by atoms with Crippen LogP contribution in [0.3, 0.4) is 0 Å². The van der Waals surface area contributed by atoms with Gasteiger partial charge in [0.1, 0.15) is 5.69 Å². The van der Waals surface area contributed by atoms with E-state index in [-0.39, 0.29) is 17.8 Å². The number of rotatable bonds is 9. The molecular weight excluding hydrogens is 552 g/mol. The first-order valence-electron chi connectivity index (χ1n) is 13.2. The highest BCUT2D eigenvalue weighted by Gasteiger charge is 2.34. The average molecular weight is 579 g/mol. The zero-order valence-corrected chi connectivity index (χ0v) is 23.5. The smallest absolute Gasteiger partial charge is 0.354 e. The number of aromatic nitrogens is 1. The molecule has 1 heterocycles. The fourth-order valence-electron chi connectivity index (χ4n) is 4.63. The molecule has 1 aromatic heterocycles. The minimum absolute atomic E-state index is 0.204. The molecule has 7 nitrogen and oxygen atoms in total. The van der Waals surface area contributed by atoms with E-state index < -0.39 is 23.9 Å². The maximum Gasteiger partial charge on any atom is 0.354 e. The van der Waals surface area contributed by atoms with Crippen LogP contribution in [0.4, 0.5) is 5.69 Å². The largest absolute Gasteiger partial charge is 0.464 e. The van der Waals surface area contributed by atoms with Gasteiger partial charge in [0.25, 0.3) is 5.91 Å². The highest BCUT2D eigenvalue weighted by atomic mass is 35.5. The Hall–Kier alpha value is -5.14. The van der Waals surface area contributed by atoms with Crippen LogP contribution in [0.15, 0.2) is 121 Å². The number of anilines is 1. The summed E-state index contributed by atoms with van der Waals surface area (Å²) in [6.07, 6.45) is -1.45. The van der Waals surface area contributed by atoms with E-state index in [9.17, 15) is 14.4 Å². The molecule has 1 N–H and O–H groups in total. The van der Waals surface area contributed by atoms with Gasteiger partial charge in [-0.2, -0.15) is 0 Å². The van der Waals surface area contributed by atoms with Crippen molar-refractivity contribution in [1.82, 2.24) is 4.57 Å². The normalized spacial score (nSPS) is 11.4. The third kappa shape index (κ3) is 6.43. The van der Waals surface area contributed by atoms with Gasteiger partial charge >= 0.3 is 11.9 Å². The van der Waals surface area contributed by atoms with Gasteiger partial charge < -0.3 is 19.4 Å². The second-order valence-electron chi connectivity index (χ2n) is 9.41. The topological polar surface area (TPSA) is 86.6 Å². The number of esters is 2. The Bertz CT molecular complexity index is 1690. The van der Waals surface area contributed by atoms with Crippen molar-refractivity contribution in [2.24, 2.45) is 0 Å². The van der Waals surface area contributed by atoms with Crippen molar-refractivity contribution in [2.75, 3.05) is 12.4 Å². The van der Waals surface area contributed by atoms with Gasteiger partial charge in [-0.15, -0.1) is 0 Å². The van der Waals surface area contributed by atoms with Crippen molar-refractivity contribution in [3.05, 3.63) is 149 Å². The van der Waals surface area contributed by atoms with Crippen molar-refractivity contribution >= 4 is 35.1 Å². The average Bonchev–Trinajstić information content (AvgIpc) is 3.40. The Labute approximate surface area is 248 Å². The van der Waals surface area contributed by atoms with E-state index in [1.807, 2.05) is 60.7 Å². The van der Waals surface area contributed by atoms with Crippen molar-refractivity contribution in [3.63, 3.8) is 0 Å². The van der Waals surface area contributed by atoms with Gasteiger partial charge in [-0.05, 0) is 53.6 Å². The molecule has 0 aliphatic heterocycles. The predicted octanol–water partition coefficient (Wildman–Crippen LogP) is 7.18. The van der Waals surface area contributed by atoms with Gasteiger partial charge in [-0.3, -0.25) is 4.79 Å². The summed E-state index contributed by atoms with van der Waals surface area (Å²) in [4.78, 5) is 40.6. The summed E-state index contributed by atoms with van der Waals surface area (Å²) in [6.45, 7) is 0.209. The van der Waals surface area contributed by atoms with Crippen LogP contribution in [-0.2, 0) is 20.8 Å². The van der Waals surface area contributed by atoms with Crippen LogP contribution in [0.5, 0.6) is 0 Å². The Morgan fingerprint density at radius 2 is 1.38 bits per heavy atom. The van der Waals surface area contributed by atoms with Crippen LogP contribution in [0.1, 0.15) is 38.2 Å². The summed E-state index contributed by atoms with van der Waals surface area (Å²) >= 11 is 6.05. The van der Waals surface area contributed by atoms with E-state index in [0.717, 1.165) is 11.1 Å². The van der Waals surface area contributed by atoms with Crippen LogP contribution in [0.2, 0.25) is 5.02 Å². The Kier molecular flexibility index (Phi) is 8.80. The maximum absolute atomic E-state index is 14.1. The summed E-state index contributed by atoms with van der Waals surface area (Å²) in [5, 5.41) is 3.35. The van der Waals surface area contributed by atoms with Crippen LogP contribution in [0, 0.1) is 0 Å². The maximum atomic E-state index is 14.1. The molecule has 0 spiro atoms. The lowest BCUT2D eigenvalue weighted by Crippen LogP contribution is -2.29. The van der Waals surface area contributed by atoms with E-state index in [0.29, 0.717) is 22.0 Å². The molecule has 5 rings (SSSR count). The van der Waals surface area contributed by atoms with Gasteiger partial charge in [-0.1, -0.05) is 90.5 Å². The van der Waals surface area contributed by atoms with Crippen molar-refractivity contribution < 1.29 is 23.9 Å². The second-order valence-corrected chi connectivity index (χ2v) is 9.84. The highest BCUT2D eigenvalue weighted by molar-refractivity contribution is 6.30. The number of benzene rings is 4. The fraction of sp³-hybridized carbons (Fsp3) is 0.0882. The molecule has 1 atom stereocenters. The van der Waals surface area contributed by atoms with Gasteiger partial charge in [0.15, 0.2) is 0 Å². The van der Waals surface area contributed by atoms with E-state index in [1.54, 1.807) is 65.2 Å². The molecule has 42 heavy (non-hydrogen) atoms. The highest BCUT2D eigenvalue weighted by Crippen LogP contribution is 2.36.